The average Bonchev–Trinajstić information content (AvgIpc) is 2.56. The topological polar surface area (TPSA) is 64.4 Å². The van der Waals surface area contributed by atoms with Gasteiger partial charge in [0.2, 0.25) is 5.91 Å². The summed E-state index contributed by atoms with van der Waals surface area (Å²) in [7, 11) is 0. The van der Waals surface area contributed by atoms with E-state index in [-0.39, 0.29) is 23.5 Å². The van der Waals surface area contributed by atoms with Crippen LogP contribution in [-0.4, -0.2) is 30.2 Å². The Balaban J connectivity index is 2.57. The van der Waals surface area contributed by atoms with Gasteiger partial charge in [0.15, 0.2) is 0 Å². The molecule has 0 spiro atoms. The van der Waals surface area contributed by atoms with Gasteiger partial charge in [-0.3, -0.25) is 4.79 Å². The Bertz CT molecular complexity index is 257. The third kappa shape index (κ3) is 2.74. The zero-order valence-electron chi connectivity index (χ0n) is 10.7. The molecule has 1 rings (SSSR count). The Morgan fingerprint density at radius 3 is 2.75 bits per heavy atom. The standard InChI is InChI=1S/C12H24N2O2/c1-5-8(2)10(13)11(15)14-12(4)6-7-16-9(12)3/h8-10H,5-7,13H2,1-4H3,(H,14,15)/t8-,9?,10-,12?/m0/s1. The van der Waals surface area contributed by atoms with Crippen LogP contribution in [0.3, 0.4) is 0 Å². The lowest BCUT2D eigenvalue weighted by Gasteiger charge is -2.31. The number of nitrogens with two attached hydrogens (primary N) is 1. The fourth-order valence-corrected chi connectivity index (χ4v) is 1.88. The van der Waals surface area contributed by atoms with Gasteiger partial charge in [-0.25, -0.2) is 0 Å². The van der Waals surface area contributed by atoms with Crippen molar-refractivity contribution in [2.45, 2.75) is 58.2 Å². The summed E-state index contributed by atoms with van der Waals surface area (Å²) in [4.78, 5) is 12.0. The molecule has 0 aliphatic carbocycles. The number of carbonyl (C=O) groups excluding carboxylic acids is 1. The largest absolute Gasteiger partial charge is 0.376 e. The SMILES string of the molecule is CC[C@H](C)[C@H](N)C(=O)NC1(C)CCOC1C. The zero-order valence-corrected chi connectivity index (χ0v) is 10.7. The van der Waals surface area contributed by atoms with Gasteiger partial charge >= 0.3 is 0 Å². The molecular formula is C12H24N2O2. The Hall–Kier alpha value is -0.610. The first-order chi connectivity index (χ1) is 7.40. The molecule has 0 saturated carbocycles. The number of amides is 1. The van der Waals surface area contributed by atoms with Gasteiger partial charge < -0.3 is 15.8 Å². The average molecular weight is 228 g/mol. The summed E-state index contributed by atoms with van der Waals surface area (Å²) in [6, 6.07) is -0.422. The fourth-order valence-electron chi connectivity index (χ4n) is 1.88. The van der Waals surface area contributed by atoms with Crippen molar-refractivity contribution in [2.24, 2.45) is 11.7 Å². The summed E-state index contributed by atoms with van der Waals surface area (Å²) in [5, 5.41) is 3.03. The van der Waals surface area contributed by atoms with E-state index in [4.69, 9.17) is 10.5 Å². The number of hydrogen-bond donors (Lipinski definition) is 2. The van der Waals surface area contributed by atoms with Gasteiger partial charge in [0, 0.05) is 6.61 Å². The third-order valence-corrected chi connectivity index (χ3v) is 3.86. The highest BCUT2D eigenvalue weighted by atomic mass is 16.5. The summed E-state index contributed by atoms with van der Waals surface area (Å²) in [5.74, 6) is 0.149. The van der Waals surface area contributed by atoms with Crippen LogP contribution >= 0.6 is 0 Å². The minimum Gasteiger partial charge on any atom is -0.376 e. The van der Waals surface area contributed by atoms with Crippen molar-refractivity contribution in [3.05, 3.63) is 0 Å². The first kappa shape index (κ1) is 13.5. The molecule has 1 aliphatic rings. The van der Waals surface area contributed by atoms with Crippen molar-refractivity contribution in [1.82, 2.24) is 5.32 Å². The first-order valence-corrected chi connectivity index (χ1v) is 6.10. The quantitative estimate of drug-likeness (QED) is 0.755. The van der Waals surface area contributed by atoms with E-state index in [1.807, 2.05) is 27.7 Å². The van der Waals surface area contributed by atoms with Gasteiger partial charge in [0.05, 0.1) is 17.7 Å². The summed E-state index contributed by atoms with van der Waals surface area (Å²) in [5.41, 5.74) is 5.64. The van der Waals surface area contributed by atoms with E-state index in [0.29, 0.717) is 6.61 Å². The highest BCUT2D eigenvalue weighted by molar-refractivity contribution is 5.82. The molecule has 0 bridgehead atoms. The molecule has 1 heterocycles. The maximum absolute atomic E-state index is 12.0. The first-order valence-electron chi connectivity index (χ1n) is 6.10. The summed E-state index contributed by atoms with van der Waals surface area (Å²) >= 11 is 0. The Labute approximate surface area is 97.9 Å². The molecule has 1 amide bonds. The van der Waals surface area contributed by atoms with E-state index in [0.717, 1.165) is 12.8 Å². The van der Waals surface area contributed by atoms with Gasteiger partial charge in [0.25, 0.3) is 0 Å². The smallest absolute Gasteiger partial charge is 0.237 e. The highest BCUT2D eigenvalue weighted by Gasteiger charge is 2.39. The molecule has 2 unspecified atom stereocenters. The van der Waals surface area contributed by atoms with Gasteiger partial charge in [0.1, 0.15) is 0 Å². The molecule has 0 aromatic rings. The van der Waals surface area contributed by atoms with Crippen LogP contribution in [-0.2, 0) is 9.53 Å². The lowest BCUT2D eigenvalue weighted by molar-refractivity contribution is -0.125. The number of carbonyl (C=O) groups is 1. The maximum atomic E-state index is 12.0. The second-order valence-corrected chi connectivity index (χ2v) is 5.08. The Morgan fingerprint density at radius 1 is 1.69 bits per heavy atom. The van der Waals surface area contributed by atoms with Crippen LogP contribution in [0.15, 0.2) is 0 Å². The molecule has 4 atom stereocenters. The molecular weight excluding hydrogens is 204 g/mol. The second-order valence-electron chi connectivity index (χ2n) is 5.08. The molecule has 0 aromatic heterocycles. The minimum atomic E-state index is -0.422. The van der Waals surface area contributed by atoms with E-state index in [2.05, 4.69) is 5.32 Å². The van der Waals surface area contributed by atoms with Crippen LogP contribution in [0.4, 0.5) is 0 Å². The van der Waals surface area contributed by atoms with Crippen LogP contribution < -0.4 is 11.1 Å². The lowest BCUT2D eigenvalue weighted by Crippen LogP contribution is -2.56. The van der Waals surface area contributed by atoms with E-state index < -0.39 is 6.04 Å². The molecule has 3 N–H and O–H groups in total. The predicted octanol–water partition coefficient (Wildman–Crippen LogP) is 1.04. The van der Waals surface area contributed by atoms with Crippen LogP contribution in [0.25, 0.3) is 0 Å². The molecule has 1 fully saturated rings. The van der Waals surface area contributed by atoms with Crippen molar-refractivity contribution < 1.29 is 9.53 Å². The zero-order chi connectivity index (χ0) is 12.3. The number of rotatable bonds is 4. The van der Waals surface area contributed by atoms with Gasteiger partial charge in [-0.15, -0.1) is 0 Å². The van der Waals surface area contributed by atoms with Crippen LogP contribution in [0.1, 0.15) is 40.5 Å². The molecule has 0 radical (unpaired) electrons. The maximum Gasteiger partial charge on any atom is 0.237 e. The molecule has 1 saturated heterocycles. The fraction of sp³-hybridized carbons (Fsp3) is 0.917. The van der Waals surface area contributed by atoms with Crippen LogP contribution in [0, 0.1) is 5.92 Å². The lowest BCUT2D eigenvalue weighted by atomic mass is 9.92. The molecule has 16 heavy (non-hydrogen) atoms. The molecule has 4 nitrogen and oxygen atoms in total. The Kier molecular flexibility index (Phi) is 4.33. The summed E-state index contributed by atoms with van der Waals surface area (Å²) in [6.07, 6.45) is 1.82. The summed E-state index contributed by atoms with van der Waals surface area (Å²) in [6.45, 7) is 8.76. The van der Waals surface area contributed by atoms with E-state index >= 15 is 0 Å². The molecule has 1 aliphatic heterocycles. The van der Waals surface area contributed by atoms with Crippen molar-refractivity contribution in [3.63, 3.8) is 0 Å². The van der Waals surface area contributed by atoms with E-state index in [9.17, 15) is 4.79 Å². The van der Waals surface area contributed by atoms with Gasteiger partial charge in [-0.1, -0.05) is 20.3 Å². The normalized spacial score (nSPS) is 33.4. The summed E-state index contributed by atoms with van der Waals surface area (Å²) < 4.78 is 5.48. The minimum absolute atomic E-state index is 0.0561. The monoisotopic (exact) mass is 228 g/mol. The van der Waals surface area contributed by atoms with Gasteiger partial charge in [-0.2, -0.15) is 0 Å². The predicted molar refractivity (Wildman–Crippen MR) is 64.0 cm³/mol. The number of hydrogen-bond acceptors (Lipinski definition) is 3. The molecule has 0 aromatic carbocycles. The Morgan fingerprint density at radius 2 is 2.31 bits per heavy atom. The van der Waals surface area contributed by atoms with Crippen molar-refractivity contribution in [3.8, 4) is 0 Å². The van der Waals surface area contributed by atoms with Crippen molar-refractivity contribution in [2.75, 3.05) is 6.61 Å². The molecule has 4 heteroatoms. The number of ether oxygens (including phenoxy) is 1. The van der Waals surface area contributed by atoms with E-state index in [1.54, 1.807) is 0 Å². The van der Waals surface area contributed by atoms with Crippen LogP contribution in [0.2, 0.25) is 0 Å². The second kappa shape index (κ2) is 5.15. The van der Waals surface area contributed by atoms with Crippen molar-refractivity contribution >= 4 is 5.91 Å². The van der Waals surface area contributed by atoms with Crippen LogP contribution in [0.5, 0.6) is 0 Å². The third-order valence-electron chi connectivity index (χ3n) is 3.86. The van der Waals surface area contributed by atoms with E-state index in [1.165, 1.54) is 0 Å². The highest BCUT2D eigenvalue weighted by Crippen LogP contribution is 2.25. The number of nitrogens with one attached hydrogen (secondary N) is 1. The van der Waals surface area contributed by atoms with Crippen molar-refractivity contribution in [1.29, 1.82) is 0 Å². The van der Waals surface area contributed by atoms with Gasteiger partial charge in [-0.05, 0) is 26.2 Å². The molecule has 94 valence electrons.